The molecule has 0 aliphatic carbocycles. The van der Waals surface area contributed by atoms with Crippen molar-refractivity contribution in [2.45, 2.75) is 38.5 Å². The number of hydrogen-bond acceptors (Lipinski definition) is 2. The number of methoxy groups -OCH3 is 1. The molecule has 0 fully saturated rings. The third kappa shape index (κ3) is 12.4. The Hall–Kier alpha value is 0.400. The smallest absolute Gasteiger partial charge is 0.0462 e. The van der Waals surface area contributed by atoms with E-state index >= 15 is 0 Å². The van der Waals surface area contributed by atoms with Gasteiger partial charge in [0.05, 0.1) is 0 Å². The average molecular weight is 266 g/mol. The molecule has 3 heteroatoms. The maximum absolute atomic E-state index is 4.98. The number of rotatable bonds is 11. The van der Waals surface area contributed by atoms with E-state index < -0.39 is 0 Å². The molecule has 0 heterocycles. The van der Waals surface area contributed by atoms with Crippen LogP contribution in [0.5, 0.6) is 0 Å². The summed E-state index contributed by atoms with van der Waals surface area (Å²) in [6, 6.07) is 0. The van der Waals surface area contributed by atoms with E-state index in [1.807, 2.05) is 0 Å². The number of halogens is 1. The van der Waals surface area contributed by atoms with E-state index in [0.29, 0.717) is 0 Å². The van der Waals surface area contributed by atoms with E-state index in [4.69, 9.17) is 4.74 Å². The van der Waals surface area contributed by atoms with Crippen molar-refractivity contribution in [1.82, 2.24) is 5.32 Å². The Kier molecular flexibility index (Phi) is 13.8. The number of ether oxygens (including phenoxy) is 1. The predicted molar refractivity (Wildman–Crippen MR) is 66.2 cm³/mol. The van der Waals surface area contributed by atoms with Crippen LogP contribution in [-0.2, 0) is 4.74 Å². The lowest BCUT2D eigenvalue weighted by atomic mass is 10.2. The van der Waals surface area contributed by atoms with Gasteiger partial charge in [-0.15, -0.1) is 0 Å². The summed E-state index contributed by atoms with van der Waals surface area (Å²) in [5, 5.41) is 4.60. The quantitative estimate of drug-likeness (QED) is 0.458. The molecular weight excluding hydrogens is 242 g/mol. The normalized spacial score (nSPS) is 10.7. The fourth-order valence-electron chi connectivity index (χ4n) is 1.32. The van der Waals surface area contributed by atoms with Gasteiger partial charge in [-0.25, -0.2) is 0 Å². The summed E-state index contributed by atoms with van der Waals surface area (Å²) in [4.78, 5) is 0. The van der Waals surface area contributed by atoms with Crippen LogP contribution in [0.1, 0.15) is 38.5 Å². The highest BCUT2D eigenvalue weighted by Crippen LogP contribution is 2.00. The highest BCUT2D eigenvalue weighted by atomic mass is 79.9. The van der Waals surface area contributed by atoms with Gasteiger partial charge in [0.25, 0.3) is 0 Å². The van der Waals surface area contributed by atoms with Crippen molar-refractivity contribution in [2.24, 2.45) is 0 Å². The molecule has 0 aromatic carbocycles. The number of nitrogens with one attached hydrogen (secondary N) is 1. The first-order valence-corrected chi connectivity index (χ1v) is 6.79. The molecule has 0 saturated heterocycles. The predicted octanol–water partition coefficient (Wildman–Crippen LogP) is 2.96. The van der Waals surface area contributed by atoms with Gasteiger partial charge < -0.3 is 10.1 Å². The van der Waals surface area contributed by atoms with Crippen molar-refractivity contribution in [1.29, 1.82) is 0 Å². The minimum atomic E-state index is 0.896. The molecule has 86 valence electrons. The van der Waals surface area contributed by atoms with Crippen molar-refractivity contribution in [2.75, 3.05) is 32.1 Å². The fourth-order valence-corrected chi connectivity index (χ4v) is 1.72. The van der Waals surface area contributed by atoms with E-state index in [1.165, 1.54) is 45.1 Å². The van der Waals surface area contributed by atoms with Crippen LogP contribution in [0.4, 0.5) is 0 Å². The Morgan fingerprint density at radius 2 is 1.57 bits per heavy atom. The zero-order valence-corrected chi connectivity index (χ0v) is 10.9. The van der Waals surface area contributed by atoms with Crippen LogP contribution >= 0.6 is 15.9 Å². The van der Waals surface area contributed by atoms with E-state index in [2.05, 4.69) is 21.2 Å². The third-order valence-electron chi connectivity index (χ3n) is 2.19. The summed E-state index contributed by atoms with van der Waals surface area (Å²) in [7, 11) is 1.76. The molecule has 0 spiro atoms. The van der Waals surface area contributed by atoms with Crippen molar-refractivity contribution in [3.8, 4) is 0 Å². The van der Waals surface area contributed by atoms with Crippen LogP contribution in [0.15, 0.2) is 0 Å². The molecule has 0 bridgehead atoms. The van der Waals surface area contributed by atoms with Gasteiger partial charge in [0.1, 0.15) is 0 Å². The molecule has 1 N–H and O–H groups in total. The second-order valence-electron chi connectivity index (χ2n) is 3.55. The van der Waals surface area contributed by atoms with E-state index in [0.717, 1.165) is 18.5 Å². The van der Waals surface area contributed by atoms with Crippen LogP contribution in [0, 0.1) is 0 Å². The lowest BCUT2D eigenvalue weighted by molar-refractivity contribution is 0.192. The standard InChI is InChI=1S/C11H24BrNO/c1-14-11-7-6-10-13-9-5-3-2-4-8-12/h13H,2-11H2,1H3. The highest BCUT2D eigenvalue weighted by Gasteiger charge is 1.90. The first-order chi connectivity index (χ1) is 6.91. The van der Waals surface area contributed by atoms with Gasteiger partial charge in [-0.3, -0.25) is 0 Å². The monoisotopic (exact) mass is 265 g/mol. The summed E-state index contributed by atoms with van der Waals surface area (Å²) >= 11 is 3.44. The van der Waals surface area contributed by atoms with E-state index in [1.54, 1.807) is 7.11 Å². The van der Waals surface area contributed by atoms with Crippen LogP contribution < -0.4 is 5.32 Å². The van der Waals surface area contributed by atoms with Gasteiger partial charge in [-0.2, -0.15) is 0 Å². The second kappa shape index (κ2) is 13.4. The molecule has 0 unspecified atom stereocenters. The largest absolute Gasteiger partial charge is 0.385 e. The van der Waals surface area contributed by atoms with Crippen LogP contribution in [-0.4, -0.2) is 32.1 Å². The van der Waals surface area contributed by atoms with Crippen LogP contribution in [0.3, 0.4) is 0 Å². The Labute approximate surface area is 96.9 Å². The lowest BCUT2D eigenvalue weighted by Crippen LogP contribution is -2.16. The summed E-state index contributed by atoms with van der Waals surface area (Å²) in [6.45, 7) is 3.21. The minimum absolute atomic E-state index is 0.896. The number of hydrogen-bond donors (Lipinski definition) is 1. The van der Waals surface area contributed by atoms with Gasteiger partial charge in [0.15, 0.2) is 0 Å². The first kappa shape index (κ1) is 14.4. The third-order valence-corrected chi connectivity index (χ3v) is 2.75. The summed E-state index contributed by atoms with van der Waals surface area (Å²) in [5.74, 6) is 0. The summed E-state index contributed by atoms with van der Waals surface area (Å²) in [5.41, 5.74) is 0. The Bertz CT molecular complexity index is 89.3. The number of alkyl halides is 1. The highest BCUT2D eigenvalue weighted by molar-refractivity contribution is 9.09. The van der Waals surface area contributed by atoms with Gasteiger partial charge >= 0.3 is 0 Å². The van der Waals surface area contributed by atoms with Crippen molar-refractivity contribution in [3.63, 3.8) is 0 Å². The number of unbranched alkanes of at least 4 members (excludes halogenated alkanes) is 4. The SMILES string of the molecule is COCCCCNCCCCCCBr. The maximum Gasteiger partial charge on any atom is 0.0462 e. The van der Waals surface area contributed by atoms with Gasteiger partial charge in [0.2, 0.25) is 0 Å². The van der Waals surface area contributed by atoms with Crippen molar-refractivity contribution < 1.29 is 4.74 Å². The molecule has 0 aliphatic heterocycles. The molecule has 0 saturated carbocycles. The van der Waals surface area contributed by atoms with E-state index in [-0.39, 0.29) is 0 Å². The fraction of sp³-hybridized carbons (Fsp3) is 1.00. The zero-order valence-electron chi connectivity index (χ0n) is 9.36. The Balaban J connectivity index is 2.78. The minimum Gasteiger partial charge on any atom is -0.385 e. The van der Waals surface area contributed by atoms with Gasteiger partial charge in [0, 0.05) is 19.0 Å². The molecule has 2 nitrogen and oxygen atoms in total. The summed E-state index contributed by atoms with van der Waals surface area (Å²) < 4.78 is 4.98. The van der Waals surface area contributed by atoms with Crippen LogP contribution in [0.2, 0.25) is 0 Å². The lowest BCUT2D eigenvalue weighted by Gasteiger charge is -2.04. The summed E-state index contributed by atoms with van der Waals surface area (Å²) in [6.07, 6.45) is 7.75. The topological polar surface area (TPSA) is 21.3 Å². The molecule has 14 heavy (non-hydrogen) atoms. The molecule has 0 aromatic rings. The van der Waals surface area contributed by atoms with Crippen molar-refractivity contribution in [3.05, 3.63) is 0 Å². The molecule has 0 atom stereocenters. The average Bonchev–Trinajstić information content (AvgIpc) is 2.21. The van der Waals surface area contributed by atoms with Crippen LogP contribution in [0.25, 0.3) is 0 Å². The molecular formula is C11H24BrNO. The first-order valence-electron chi connectivity index (χ1n) is 5.67. The molecule has 0 radical (unpaired) electrons. The van der Waals surface area contributed by atoms with Gasteiger partial charge in [-0.1, -0.05) is 28.8 Å². The van der Waals surface area contributed by atoms with E-state index in [9.17, 15) is 0 Å². The Morgan fingerprint density at radius 1 is 0.929 bits per heavy atom. The molecule has 0 aromatic heterocycles. The Morgan fingerprint density at radius 3 is 2.21 bits per heavy atom. The maximum atomic E-state index is 4.98. The van der Waals surface area contributed by atoms with Crippen molar-refractivity contribution >= 4 is 15.9 Å². The molecule has 0 rings (SSSR count). The second-order valence-corrected chi connectivity index (χ2v) is 4.35. The molecule has 0 amide bonds. The zero-order chi connectivity index (χ0) is 10.5. The molecule has 0 aliphatic rings. The van der Waals surface area contributed by atoms with Gasteiger partial charge in [-0.05, 0) is 38.8 Å².